The van der Waals surface area contributed by atoms with Gasteiger partial charge in [0.15, 0.2) is 0 Å². The predicted octanol–water partition coefficient (Wildman–Crippen LogP) is 2.14. The van der Waals surface area contributed by atoms with E-state index in [1.807, 2.05) is 30.1 Å². The first-order chi connectivity index (χ1) is 11.1. The van der Waals surface area contributed by atoms with Gasteiger partial charge in [0, 0.05) is 38.1 Å². The first-order valence-electron chi connectivity index (χ1n) is 8.04. The normalized spacial score (nSPS) is 17.6. The lowest BCUT2D eigenvalue weighted by molar-refractivity contribution is -0.130. The molecule has 120 valence electrons. The number of rotatable bonds is 4. The van der Waals surface area contributed by atoms with E-state index in [1.54, 1.807) is 6.20 Å². The lowest BCUT2D eigenvalue weighted by Gasteiger charge is -2.36. The molecule has 0 saturated carbocycles. The summed E-state index contributed by atoms with van der Waals surface area (Å²) in [5.41, 5.74) is 3.63. The van der Waals surface area contributed by atoms with Crippen LogP contribution >= 0.6 is 0 Å². The van der Waals surface area contributed by atoms with Gasteiger partial charge in [-0.2, -0.15) is 0 Å². The number of carbonyl (C=O) groups is 1. The van der Waals surface area contributed by atoms with E-state index in [0.717, 1.165) is 25.2 Å². The lowest BCUT2D eigenvalue weighted by atomic mass is 9.94. The smallest absolute Gasteiger partial charge is 0.228 e. The summed E-state index contributed by atoms with van der Waals surface area (Å²) in [6, 6.07) is 14.6. The molecule has 23 heavy (non-hydrogen) atoms. The van der Waals surface area contributed by atoms with Crippen LogP contribution in [0.15, 0.2) is 48.7 Å². The highest BCUT2D eigenvalue weighted by Gasteiger charge is 2.25. The number of aromatic nitrogens is 1. The van der Waals surface area contributed by atoms with Gasteiger partial charge >= 0.3 is 0 Å². The first-order valence-corrected chi connectivity index (χ1v) is 8.04. The number of hydrogen-bond acceptors (Lipinski definition) is 3. The average molecular weight is 309 g/mol. The topological polar surface area (TPSA) is 36.4 Å². The molecule has 1 aliphatic heterocycles. The van der Waals surface area contributed by atoms with Gasteiger partial charge in [0.1, 0.15) is 0 Å². The Labute approximate surface area is 137 Å². The maximum absolute atomic E-state index is 12.4. The second-order valence-corrected chi connectivity index (χ2v) is 6.31. The van der Waals surface area contributed by atoms with Gasteiger partial charge in [-0.1, -0.05) is 30.3 Å². The number of likely N-dealkylation sites (N-methyl/N-ethyl adjacent to an activating group) is 2. The van der Waals surface area contributed by atoms with Crippen molar-refractivity contribution in [1.82, 2.24) is 14.8 Å². The fourth-order valence-electron chi connectivity index (χ4n) is 3.13. The monoisotopic (exact) mass is 309 g/mol. The van der Waals surface area contributed by atoms with E-state index >= 15 is 0 Å². The lowest BCUT2D eigenvalue weighted by Crippen LogP contribution is -2.46. The Morgan fingerprint density at radius 2 is 1.96 bits per heavy atom. The summed E-state index contributed by atoms with van der Waals surface area (Å²) >= 11 is 0. The van der Waals surface area contributed by atoms with Crippen LogP contribution in [0.1, 0.15) is 16.8 Å². The molecule has 2 heterocycles. The molecule has 0 saturated heterocycles. The molecule has 1 amide bonds. The summed E-state index contributed by atoms with van der Waals surface area (Å²) in [6.45, 7) is 1.69. The largest absolute Gasteiger partial charge is 0.344 e. The van der Waals surface area contributed by atoms with E-state index in [4.69, 9.17) is 0 Å². The predicted molar refractivity (Wildman–Crippen MR) is 91.0 cm³/mol. The van der Waals surface area contributed by atoms with Crippen molar-refractivity contribution in [2.24, 2.45) is 0 Å². The molecule has 2 aromatic rings. The summed E-state index contributed by atoms with van der Waals surface area (Å²) in [5, 5.41) is 0. The van der Waals surface area contributed by atoms with Crippen molar-refractivity contribution in [3.05, 3.63) is 65.5 Å². The van der Waals surface area contributed by atoms with E-state index in [0.29, 0.717) is 12.5 Å². The van der Waals surface area contributed by atoms with Crippen molar-refractivity contribution < 1.29 is 4.79 Å². The number of amides is 1. The zero-order chi connectivity index (χ0) is 16.2. The van der Waals surface area contributed by atoms with Gasteiger partial charge in [0.2, 0.25) is 5.91 Å². The van der Waals surface area contributed by atoms with E-state index in [9.17, 15) is 4.79 Å². The van der Waals surface area contributed by atoms with Crippen molar-refractivity contribution >= 4 is 5.91 Å². The molecular formula is C19H23N3O. The number of benzene rings is 1. The molecule has 1 unspecified atom stereocenters. The van der Waals surface area contributed by atoms with Crippen LogP contribution in [0.3, 0.4) is 0 Å². The SMILES string of the molecule is CN(CC1Cc2ccccc2CN1C)C(=O)Cc1ccccn1. The van der Waals surface area contributed by atoms with Crippen molar-refractivity contribution in [2.45, 2.75) is 25.4 Å². The molecule has 1 aromatic carbocycles. The Bertz CT molecular complexity index is 671. The van der Waals surface area contributed by atoms with Crippen molar-refractivity contribution in [1.29, 1.82) is 0 Å². The number of fused-ring (bicyclic) bond motifs is 1. The molecule has 0 radical (unpaired) electrons. The van der Waals surface area contributed by atoms with Crippen LogP contribution < -0.4 is 0 Å². The molecule has 3 rings (SSSR count). The molecule has 0 spiro atoms. The van der Waals surface area contributed by atoms with Crippen LogP contribution in [-0.4, -0.2) is 47.4 Å². The Morgan fingerprint density at radius 1 is 1.22 bits per heavy atom. The molecule has 0 N–H and O–H groups in total. The van der Waals surface area contributed by atoms with E-state index in [2.05, 4.69) is 41.2 Å². The highest BCUT2D eigenvalue weighted by molar-refractivity contribution is 5.78. The summed E-state index contributed by atoms with van der Waals surface area (Å²) in [7, 11) is 4.03. The zero-order valence-corrected chi connectivity index (χ0v) is 13.8. The quantitative estimate of drug-likeness (QED) is 0.868. The average Bonchev–Trinajstić information content (AvgIpc) is 2.56. The van der Waals surface area contributed by atoms with Crippen LogP contribution in [0.2, 0.25) is 0 Å². The van der Waals surface area contributed by atoms with Crippen LogP contribution in [0.5, 0.6) is 0 Å². The number of pyridine rings is 1. The van der Waals surface area contributed by atoms with Gasteiger partial charge in [-0.25, -0.2) is 0 Å². The number of hydrogen-bond donors (Lipinski definition) is 0. The van der Waals surface area contributed by atoms with E-state index in [1.165, 1.54) is 11.1 Å². The second kappa shape index (κ2) is 6.92. The molecule has 1 atom stereocenters. The maximum Gasteiger partial charge on any atom is 0.228 e. The minimum absolute atomic E-state index is 0.121. The Balaban J connectivity index is 1.61. The number of nitrogens with zero attached hydrogens (tertiary/aromatic N) is 3. The molecule has 0 bridgehead atoms. The minimum Gasteiger partial charge on any atom is -0.344 e. The van der Waals surface area contributed by atoms with Crippen molar-refractivity contribution in [3.8, 4) is 0 Å². The van der Waals surface area contributed by atoms with Gasteiger partial charge in [-0.3, -0.25) is 14.7 Å². The highest BCUT2D eigenvalue weighted by atomic mass is 16.2. The standard InChI is InChI=1S/C19H23N3O/c1-21-13-16-8-4-3-7-15(16)11-18(21)14-22(2)19(23)12-17-9-5-6-10-20-17/h3-10,18H,11-14H2,1-2H3. The Morgan fingerprint density at radius 3 is 2.70 bits per heavy atom. The molecule has 4 nitrogen and oxygen atoms in total. The minimum atomic E-state index is 0.121. The second-order valence-electron chi connectivity index (χ2n) is 6.31. The van der Waals surface area contributed by atoms with Gasteiger partial charge in [0.25, 0.3) is 0 Å². The third kappa shape index (κ3) is 3.77. The van der Waals surface area contributed by atoms with Crippen molar-refractivity contribution in [3.63, 3.8) is 0 Å². The molecular weight excluding hydrogens is 286 g/mol. The van der Waals surface area contributed by atoms with E-state index in [-0.39, 0.29) is 5.91 Å². The fourth-order valence-corrected chi connectivity index (χ4v) is 3.13. The van der Waals surface area contributed by atoms with Gasteiger partial charge in [0.05, 0.1) is 6.42 Å². The summed E-state index contributed by atoms with van der Waals surface area (Å²) in [4.78, 5) is 20.8. The molecule has 0 aliphatic carbocycles. The van der Waals surface area contributed by atoms with Crippen LogP contribution in [0.4, 0.5) is 0 Å². The summed E-state index contributed by atoms with van der Waals surface area (Å²) in [5.74, 6) is 0.121. The third-order valence-corrected chi connectivity index (χ3v) is 4.59. The summed E-state index contributed by atoms with van der Waals surface area (Å²) < 4.78 is 0. The molecule has 1 aromatic heterocycles. The van der Waals surface area contributed by atoms with Gasteiger partial charge < -0.3 is 4.90 Å². The number of carbonyl (C=O) groups excluding carboxylic acids is 1. The fraction of sp³-hybridized carbons (Fsp3) is 0.368. The molecule has 1 aliphatic rings. The van der Waals surface area contributed by atoms with Crippen LogP contribution in [-0.2, 0) is 24.2 Å². The molecule has 4 heteroatoms. The highest BCUT2D eigenvalue weighted by Crippen LogP contribution is 2.22. The first kappa shape index (κ1) is 15.7. The Hall–Kier alpha value is -2.20. The zero-order valence-electron chi connectivity index (χ0n) is 13.8. The van der Waals surface area contributed by atoms with E-state index < -0.39 is 0 Å². The van der Waals surface area contributed by atoms with Gasteiger partial charge in [-0.15, -0.1) is 0 Å². The van der Waals surface area contributed by atoms with Crippen molar-refractivity contribution in [2.75, 3.05) is 20.6 Å². The Kier molecular flexibility index (Phi) is 4.72. The van der Waals surface area contributed by atoms with Gasteiger partial charge in [-0.05, 0) is 36.7 Å². The van der Waals surface area contributed by atoms with Crippen LogP contribution in [0, 0.1) is 0 Å². The third-order valence-electron chi connectivity index (χ3n) is 4.59. The van der Waals surface area contributed by atoms with Crippen LogP contribution in [0.25, 0.3) is 0 Å². The molecule has 0 fully saturated rings. The maximum atomic E-state index is 12.4. The summed E-state index contributed by atoms with van der Waals surface area (Å²) in [6.07, 6.45) is 3.09.